The fourth-order valence-corrected chi connectivity index (χ4v) is 4.99. The average molecular weight is 359 g/mol. The first-order valence-electron chi connectivity index (χ1n) is 10.6. The van der Waals surface area contributed by atoms with E-state index >= 15 is 0 Å². The molecule has 1 aromatic carbocycles. The van der Waals surface area contributed by atoms with Gasteiger partial charge in [0, 0.05) is 25.7 Å². The number of nitrogens with one attached hydrogen (secondary N) is 1. The molecule has 1 aliphatic carbocycles. The van der Waals surface area contributed by atoms with E-state index in [9.17, 15) is 0 Å². The molecule has 3 fully saturated rings. The number of ether oxygens (including phenoxy) is 2. The fourth-order valence-electron chi connectivity index (χ4n) is 4.99. The molecule has 144 valence electrons. The van der Waals surface area contributed by atoms with Gasteiger partial charge in [0.2, 0.25) is 0 Å². The third kappa shape index (κ3) is 4.41. The molecule has 0 aromatic heterocycles. The molecule has 2 unspecified atom stereocenters. The maximum atomic E-state index is 6.41. The Hall–Kier alpha value is -1.10. The first kappa shape index (κ1) is 18.3. The highest BCUT2D eigenvalue weighted by Gasteiger charge is 2.30. The van der Waals surface area contributed by atoms with Crippen LogP contribution < -0.4 is 10.1 Å². The van der Waals surface area contributed by atoms with Gasteiger partial charge in [-0.05, 0) is 62.1 Å². The molecule has 0 bridgehead atoms. The molecular formula is C22H34N2O2. The molecule has 0 spiro atoms. The molecule has 0 amide bonds. The zero-order chi connectivity index (χ0) is 17.8. The van der Waals surface area contributed by atoms with Crippen molar-refractivity contribution in [3.63, 3.8) is 0 Å². The number of rotatable bonds is 5. The second kappa shape index (κ2) is 8.73. The molecule has 2 atom stereocenters. The molecule has 3 aliphatic rings. The molecule has 0 radical (unpaired) electrons. The van der Waals surface area contributed by atoms with Gasteiger partial charge in [0.1, 0.15) is 12.0 Å². The van der Waals surface area contributed by atoms with E-state index in [4.69, 9.17) is 9.47 Å². The summed E-state index contributed by atoms with van der Waals surface area (Å²) in [6.07, 6.45) is 11.1. The first-order chi connectivity index (χ1) is 12.8. The first-order valence-corrected chi connectivity index (χ1v) is 10.6. The van der Waals surface area contributed by atoms with Gasteiger partial charge >= 0.3 is 0 Å². The predicted molar refractivity (Wildman–Crippen MR) is 105 cm³/mol. The molecule has 2 saturated heterocycles. The Labute approximate surface area is 158 Å². The molecule has 2 aliphatic heterocycles. The van der Waals surface area contributed by atoms with Crippen LogP contribution in [0.2, 0.25) is 0 Å². The van der Waals surface area contributed by atoms with Gasteiger partial charge in [-0.15, -0.1) is 0 Å². The van der Waals surface area contributed by atoms with E-state index in [0.717, 1.165) is 24.8 Å². The molecule has 1 N–H and O–H groups in total. The zero-order valence-corrected chi connectivity index (χ0v) is 16.2. The number of hydrogen-bond acceptors (Lipinski definition) is 4. The summed E-state index contributed by atoms with van der Waals surface area (Å²) in [4.78, 5) is 2.72. The van der Waals surface area contributed by atoms with Crippen LogP contribution in [0.4, 0.5) is 0 Å². The van der Waals surface area contributed by atoms with Crippen LogP contribution in [0, 0.1) is 0 Å². The van der Waals surface area contributed by atoms with Crippen molar-refractivity contribution in [2.24, 2.45) is 0 Å². The van der Waals surface area contributed by atoms with E-state index < -0.39 is 0 Å². The van der Waals surface area contributed by atoms with Gasteiger partial charge in [-0.2, -0.15) is 0 Å². The van der Waals surface area contributed by atoms with Gasteiger partial charge in [-0.25, -0.2) is 0 Å². The van der Waals surface area contributed by atoms with Crippen molar-refractivity contribution in [1.82, 2.24) is 10.2 Å². The smallest absolute Gasteiger partial charge is 0.118 e. The second-order valence-electron chi connectivity index (χ2n) is 8.25. The lowest BCUT2D eigenvalue weighted by molar-refractivity contribution is -0.0717. The number of hydrogen-bond donors (Lipinski definition) is 1. The van der Waals surface area contributed by atoms with Gasteiger partial charge < -0.3 is 14.4 Å². The Morgan fingerprint density at radius 3 is 2.27 bits per heavy atom. The highest BCUT2D eigenvalue weighted by molar-refractivity contribution is 5.29. The molecule has 4 nitrogen and oxygen atoms in total. The number of methoxy groups -OCH3 is 1. The number of nitrogens with zero attached hydrogens (tertiary/aromatic N) is 1. The minimum Gasteiger partial charge on any atom is -0.497 e. The Morgan fingerprint density at radius 2 is 1.65 bits per heavy atom. The third-order valence-corrected chi connectivity index (χ3v) is 6.63. The van der Waals surface area contributed by atoms with Crippen LogP contribution in [-0.4, -0.2) is 50.0 Å². The van der Waals surface area contributed by atoms with E-state index in [-0.39, 0.29) is 6.23 Å². The Morgan fingerprint density at radius 1 is 0.923 bits per heavy atom. The monoisotopic (exact) mass is 358 g/mol. The Balaban J connectivity index is 1.19. The summed E-state index contributed by atoms with van der Waals surface area (Å²) in [6.45, 7) is 3.48. The largest absolute Gasteiger partial charge is 0.497 e. The average Bonchev–Trinajstić information content (AvgIpc) is 3.24. The summed E-state index contributed by atoms with van der Waals surface area (Å²) >= 11 is 0. The molecular weight excluding hydrogens is 324 g/mol. The predicted octanol–water partition coefficient (Wildman–Crippen LogP) is 3.91. The molecule has 4 rings (SSSR count). The van der Waals surface area contributed by atoms with Crippen molar-refractivity contribution in [3.05, 3.63) is 29.8 Å². The van der Waals surface area contributed by atoms with Crippen molar-refractivity contribution in [3.8, 4) is 5.75 Å². The number of likely N-dealkylation sites (tertiary alicyclic amines) is 1. The summed E-state index contributed by atoms with van der Waals surface area (Å²) in [7, 11) is 1.72. The lowest BCUT2D eigenvalue weighted by Crippen LogP contribution is -2.46. The third-order valence-electron chi connectivity index (χ3n) is 6.63. The van der Waals surface area contributed by atoms with Crippen molar-refractivity contribution >= 4 is 0 Å². The standard InChI is InChI=1S/C22H34N2O2/c1-25-20-9-6-17(7-10-20)18-8-11-22(23-16-18)26-21-12-14-24(15-13-21)19-4-2-3-5-19/h6-7,9-10,18-19,21-23H,2-5,8,11-16H2,1H3. The fraction of sp³-hybridized carbons (Fsp3) is 0.727. The minimum atomic E-state index is 0.243. The molecule has 2 heterocycles. The van der Waals surface area contributed by atoms with Gasteiger partial charge in [-0.1, -0.05) is 25.0 Å². The Kier molecular flexibility index (Phi) is 6.13. The number of benzene rings is 1. The molecule has 1 saturated carbocycles. The summed E-state index contributed by atoms with van der Waals surface area (Å²) in [6, 6.07) is 9.40. The van der Waals surface area contributed by atoms with Crippen molar-refractivity contribution in [2.45, 2.75) is 75.7 Å². The van der Waals surface area contributed by atoms with Crippen molar-refractivity contribution in [1.29, 1.82) is 0 Å². The van der Waals surface area contributed by atoms with Crippen LogP contribution >= 0.6 is 0 Å². The van der Waals surface area contributed by atoms with E-state index in [1.54, 1.807) is 7.11 Å². The van der Waals surface area contributed by atoms with Gasteiger partial charge in [0.05, 0.1) is 13.2 Å². The van der Waals surface area contributed by atoms with Crippen LogP contribution in [0.5, 0.6) is 5.75 Å². The quantitative estimate of drug-likeness (QED) is 0.865. The summed E-state index contributed by atoms with van der Waals surface area (Å²) in [5, 5.41) is 3.64. The summed E-state index contributed by atoms with van der Waals surface area (Å²) in [5.41, 5.74) is 1.40. The van der Waals surface area contributed by atoms with E-state index in [1.165, 1.54) is 63.6 Å². The zero-order valence-electron chi connectivity index (χ0n) is 16.2. The maximum Gasteiger partial charge on any atom is 0.118 e. The molecule has 1 aromatic rings. The van der Waals surface area contributed by atoms with Crippen LogP contribution in [-0.2, 0) is 4.74 Å². The number of piperidine rings is 2. The SMILES string of the molecule is COc1ccc(C2CCC(OC3CCN(C4CCCC4)CC3)NC2)cc1. The summed E-state index contributed by atoms with van der Waals surface area (Å²) < 4.78 is 11.7. The van der Waals surface area contributed by atoms with Gasteiger partial charge in [0.25, 0.3) is 0 Å². The van der Waals surface area contributed by atoms with Gasteiger partial charge in [-0.3, -0.25) is 5.32 Å². The molecule has 26 heavy (non-hydrogen) atoms. The topological polar surface area (TPSA) is 33.7 Å². The maximum absolute atomic E-state index is 6.41. The van der Waals surface area contributed by atoms with Crippen LogP contribution in [0.1, 0.15) is 62.8 Å². The lowest BCUT2D eigenvalue weighted by atomic mass is 9.91. The summed E-state index contributed by atoms with van der Waals surface area (Å²) in [5.74, 6) is 1.52. The van der Waals surface area contributed by atoms with Crippen molar-refractivity contribution < 1.29 is 9.47 Å². The Bertz CT molecular complexity index is 540. The van der Waals surface area contributed by atoms with E-state index in [1.807, 2.05) is 0 Å². The normalized spacial score (nSPS) is 29.1. The highest BCUT2D eigenvalue weighted by Crippen LogP contribution is 2.30. The van der Waals surface area contributed by atoms with Crippen LogP contribution in [0.25, 0.3) is 0 Å². The van der Waals surface area contributed by atoms with Crippen LogP contribution in [0.15, 0.2) is 24.3 Å². The van der Waals surface area contributed by atoms with Crippen molar-refractivity contribution in [2.75, 3.05) is 26.7 Å². The lowest BCUT2D eigenvalue weighted by Gasteiger charge is -2.38. The van der Waals surface area contributed by atoms with Crippen LogP contribution in [0.3, 0.4) is 0 Å². The van der Waals surface area contributed by atoms with Gasteiger partial charge in [0.15, 0.2) is 0 Å². The minimum absolute atomic E-state index is 0.243. The van der Waals surface area contributed by atoms with E-state index in [0.29, 0.717) is 12.0 Å². The second-order valence-corrected chi connectivity index (χ2v) is 8.25. The van der Waals surface area contributed by atoms with E-state index in [2.05, 4.69) is 34.5 Å². The highest BCUT2D eigenvalue weighted by atomic mass is 16.5. The molecule has 4 heteroatoms.